The Morgan fingerprint density at radius 3 is 2.66 bits per heavy atom. The van der Waals surface area contributed by atoms with Gasteiger partial charge in [0.15, 0.2) is 0 Å². The Morgan fingerprint density at radius 1 is 1.15 bits per heavy atom. The molecule has 244 valence electrons. The lowest BCUT2D eigenvalue weighted by molar-refractivity contribution is -0.125. The number of imide groups is 1. The molecule has 1 aromatic carbocycles. The number of halogens is 1. The summed E-state index contributed by atoms with van der Waals surface area (Å²) in [7, 11) is 0. The molecule has 3 aliphatic rings. The number of hydrogen-bond acceptors (Lipinski definition) is 9. The first-order chi connectivity index (χ1) is 22.5. The Morgan fingerprint density at radius 2 is 1.94 bits per heavy atom. The number of pyridine rings is 1. The van der Waals surface area contributed by atoms with Crippen molar-refractivity contribution in [3.05, 3.63) is 73.4 Å². The normalized spacial score (nSPS) is 19.1. The Balaban J connectivity index is 1.08. The van der Waals surface area contributed by atoms with E-state index in [0.29, 0.717) is 77.7 Å². The van der Waals surface area contributed by atoms with Gasteiger partial charge in [0.05, 0.1) is 28.0 Å². The van der Waals surface area contributed by atoms with E-state index < -0.39 is 17.5 Å². The maximum atomic E-state index is 13.8. The van der Waals surface area contributed by atoms with Crippen molar-refractivity contribution in [2.45, 2.75) is 64.1 Å². The van der Waals surface area contributed by atoms with Gasteiger partial charge in [-0.2, -0.15) is 0 Å². The average Bonchev–Trinajstić information content (AvgIpc) is 3.58. The number of urea groups is 1. The van der Waals surface area contributed by atoms with E-state index in [-0.39, 0.29) is 36.2 Å². The molecule has 7 rings (SSSR count). The van der Waals surface area contributed by atoms with Gasteiger partial charge in [0.2, 0.25) is 0 Å². The summed E-state index contributed by atoms with van der Waals surface area (Å²) in [6.07, 6.45) is 3.22. The van der Waals surface area contributed by atoms with E-state index in [2.05, 4.69) is 20.5 Å². The minimum absolute atomic E-state index is 0.0701. The molecule has 3 N–H and O–H groups in total. The molecular formula is C33H33ClN6O6S. The molecule has 2 aliphatic heterocycles. The van der Waals surface area contributed by atoms with Crippen molar-refractivity contribution in [3.63, 3.8) is 0 Å². The summed E-state index contributed by atoms with van der Waals surface area (Å²) in [5.41, 5.74) is 3.37. The number of nitrogens with one attached hydrogen (secondary N) is 2. The predicted octanol–water partition coefficient (Wildman–Crippen LogP) is 4.10. The summed E-state index contributed by atoms with van der Waals surface area (Å²) in [5, 5.41) is 16.9. The predicted molar refractivity (Wildman–Crippen MR) is 177 cm³/mol. The standard InChI is InChI=1S/C33H33ClN6O6S/c1-17-13-22(28-27(35-17)24(16-47-28)30(42)43)21-14-19(34)3-6-26(21)46-12-11-40-18(2)36-25-5-4-20(15-23(25)29(40)41)39-9-7-33(8-10-39)31(44)37-32(45)38-33/h3,6,13-14,16,20H,4-5,7-12,15H2,1-2H3,(H,42,43)(H2,37,38,44,45)/t20-/m1/s1. The van der Waals surface area contributed by atoms with Gasteiger partial charge in [-0.1, -0.05) is 11.6 Å². The molecule has 14 heteroatoms. The van der Waals surface area contributed by atoms with Crippen LogP contribution in [0.2, 0.25) is 5.02 Å². The number of nitrogens with zero attached hydrogens (tertiary/aromatic N) is 4. The third kappa shape index (κ3) is 5.66. The number of fused-ring (bicyclic) bond motifs is 2. The lowest BCUT2D eigenvalue weighted by Crippen LogP contribution is -2.57. The number of hydrogen-bond donors (Lipinski definition) is 3. The maximum absolute atomic E-state index is 13.8. The van der Waals surface area contributed by atoms with Gasteiger partial charge >= 0.3 is 12.0 Å². The molecule has 3 aromatic heterocycles. The summed E-state index contributed by atoms with van der Waals surface area (Å²) in [5.74, 6) is -0.111. The molecule has 1 aliphatic carbocycles. The number of likely N-dealkylation sites (tertiary alicyclic amines) is 1. The molecule has 47 heavy (non-hydrogen) atoms. The zero-order chi connectivity index (χ0) is 33.0. The number of aryl methyl sites for hydroxylation is 3. The number of carbonyl (C=O) groups is 3. The molecule has 1 spiro atoms. The van der Waals surface area contributed by atoms with Crippen molar-refractivity contribution in [2.24, 2.45) is 0 Å². The minimum atomic E-state index is -1.04. The molecule has 3 amide bonds. The molecule has 0 saturated carbocycles. The molecule has 5 heterocycles. The molecule has 4 aromatic rings. The number of ether oxygens (including phenoxy) is 1. The maximum Gasteiger partial charge on any atom is 0.338 e. The van der Waals surface area contributed by atoms with Crippen LogP contribution >= 0.6 is 22.9 Å². The average molecular weight is 677 g/mol. The van der Waals surface area contributed by atoms with Crippen LogP contribution in [0.4, 0.5) is 4.79 Å². The van der Waals surface area contributed by atoms with Crippen LogP contribution in [-0.2, 0) is 24.2 Å². The molecule has 2 fully saturated rings. The van der Waals surface area contributed by atoms with E-state index in [9.17, 15) is 24.3 Å². The Labute approximate surface area is 278 Å². The second-order valence-corrected chi connectivity index (χ2v) is 13.7. The number of aromatic carboxylic acids is 1. The summed E-state index contributed by atoms with van der Waals surface area (Å²) in [6.45, 7) is 5.44. The van der Waals surface area contributed by atoms with Crippen molar-refractivity contribution in [3.8, 4) is 16.9 Å². The number of carboxylic acids is 1. The van der Waals surface area contributed by atoms with E-state index in [0.717, 1.165) is 22.4 Å². The summed E-state index contributed by atoms with van der Waals surface area (Å²) < 4.78 is 8.66. The molecule has 12 nitrogen and oxygen atoms in total. The molecule has 2 saturated heterocycles. The number of thiophene rings is 1. The molecule has 0 bridgehead atoms. The van der Waals surface area contributed by atoms with E-state index >= 15 is 0 Å². The van der Waals surface area contributed by atoms with Crippen LogP contribution in [0.5, 0.6) is 5.75 Å². The highest BCUT2D eigenvalue weighted by Crippen LogP contribution is 2.40. The third-order valence-corrected chi connectivity index (χ3v) is 10.8. The Hall–Kier alpha value is -4.33. The Kier molecular flexibility index (Phi) is 8.01. The second kappa shape index (κ2) is 12.0. The fourth-order valence-electron chi connectivity index (χ4n) is 7.11. The fraction of sp³-hybridized carbons (Fsp3) is 0.394. The smallest absolute Gasteiger partial charge is 0.338 e. The van der Waals surface area contributed by atoms with Gasteiger partial charge < -0.3 is 15.2 Å². The lowest BCUT2D eigenvalue weighted by Gasteiger charge is -2.42. The monoisotopic (exact) mass is 676 g/mol. The molecule has 1 atom stereocenters. The third-order valence-electron chi connectivity index (χ3n) is 9.56. The van der Waals surface area contributed by atoms with Gasteiger partial charge in [-0.15, -0.1) is 11.3 Å². The second-order valence-electron chi connectivity index (χ2n) is 12.4. The lowest BCUT2D eigenvalue weighted by atomic mass is 9.84. The first-order valence-corrected chi connectivity index (χ1v) is 16.8. The SMILES string of the molecule is Cc1cc(-c2cc(Cl)ccc2OCCn2c(C)nc3c(c2=O)C[C@H](N2CCC4(CC2)NC(=O)NC4=O)CC3)c2scc(C(=O)O)c2n1. The van der Waals surface area contributed by atoms with Crippen LogP contribution in [0.25, 0.3) is 21.3 Å². The van der Waals surface area contributed by atoms with Crippen molar-refractivity contribution in [1.82, 2.24) is 30.1 Å². The van der Waals surface area contributed by atoms with E-state index in [1.54, 1.807) is 28.1 Å². The quantitative estimate of drug-likeness (QED) is 0.245. The largest absolute Gasteiger partial charge is 0.491 e. The minimum Gasteiger partial charge on any atom is -0.491 e. The van der Waals surface area contributed by atoms with Crippen LogP contribution in [0.15, 0.2) is 34.4 Å². The number of benzene rings is 1. The van der Waals surface area contributed by atoms with Crippen LogP contribution in [-0.4, -0.2) is 73.7 Å². The van der Waals surface area contributed by atoms with Crippen molar-refractivity contribution >= 4 is 51.1 Å². The zero-order valence-electron chi connectivity index (χ0n) is 25.9. The van der Waals surface area contributed by atoms with Crippen LogP contribution in [0.3, 0.4) is 0 Å². The zero-order valence-corrected chi connectivity index (χ0v) is 27.5. The number of rotatable bonds is 7. The van der Waals surface area contributed by atoms with E-state index in [4.69, 9.17) is 21.3 Å². The van der Waals surface area contributed by atoms with Gasteiger partial charge in [-0.3, -0.25) is 29.4 Å². The van der Waals surface area contributed by atoms with E-state index in [1.165, 1.54) is 11.3 Å². The highest BCUT2D eigenvalue weighted by Gasteiger charge is 2.48. The number of carboxylic acid groups (broad SMARTS) is 1. The van der Waals surface area contributed by atoms with Crippen molar-refractivity contribution < 1.29 is 24.2 Å². The Bertz CT molecular complexity index is 2020. The first kappa shape index (κ1) is 31.3. The van der Waals surface area contributed by atoms with Gasteiger partial charge in [-0.25, -0.2) is 14.6 Å². The van der Waals surface area contributed by atoms with Crippen LogP contribution in [0, 0.1) is 13.8 Å². The topological polar surface area (TPSA) is 156 Å². The van der Waals surface area contributed by atoms with Gasteiger partial charge in [0, 0.05) is 51.9 Å². The number of amides is 3. The van der Waals surface area contributed by atoms with Crippen molar-refractivity contribution in [1.29, 1.82) is 0 Å². The summed E-state index contributed by atoms with van der Waals surface area (Å²) in [6, 6.07) is 6.91. The summed E-state index contributed by atoms with van der Waals surface area (Å²) >= 11 is 7.72. The number of aromatic nitrogens is 3. The van der Waals surface area contributed by atoms with Crippen LogP contribution in [0.1, 0.15) is 52.4 Å². The number of carbonyl (C=O) groups excluding carboxylic acids is 2. The van der Waals surface area contributed by atoms with Gasteiger partial charge in [-0.05, 0) is 70.2 Å². The summed E-state index contributed by atoms with van der Waals surface area (Å²) in [4.78, 5) is 61.4. The molecule has 0 radical (unpaired) electrons. The van der Waals surface area contributed by atoms with Gasteiger partial charge in [0.25, 0.3) is 11.5 Å². The number of piperidine rings is 1. The first-order valence-electron chi connectivity index (χ1n) is 15.5. The van der Waals surface area contributed by atoms with E-state index in [1.807, 2.05) is 19.9 Å². The highest BCUT2D eigenvalue weighted by molar-refractivity contribution is 7.18. The van der Waals surface area contributed by atoms with Crippen molar-refractivity contribution in [2.75, 3.05) is 19.7 Å². The molecular weight excluding hydrogens is 644 g/mol. The highest BCUT2D eigenvalue weighted by atomic mass is 35.5. The fourth-order valence-corrected chi connectivity index (χ4v) is 8.29. The van der Waals surface area contributed by atoms with Crippen LogP contribution < -0.4 is 20.9 Å². The van der Waals surface area contributed by atoms with Gasteiger partial charge in [0.1, 0.15) is 23.7 Å². The molecule has 0 unspecified atom stereocenters.